The number of nitrogens with zero attached hydrogens (tertiary/aromatic N) is 1. The molecular weight excluding hydrogens is 243 g/mol. The van der Waals surface area contributed by atoms with Crippen molar-refractivity contribution >= 4 is 15.7 Å². The van der Waals surface area contributed by atoms with Crippen LogP contribution in [0.3, 0.4) is 0 Å². The average Bonchev–Trinajstić information content (AvgIpc) is 2.68. The van der Waals surface area contributed by atoms with Gasteiger partial charge in [-0.1, -0.05) is 0 Å². The predicted octanol–water partition coefficient (Wildman–Crippen LogP) is 1.58. The maximum atomic E-state index is 13.6. The van der Waals surface area contributed by atoms with Crippen LogP contribution in [-0.2, 0) is 10.0 Å². The van der Waals surface area contributed by atoms with Crippen LogP contribution in [0.25, 0.3) is 0 Å². The Kier molecular flexibility index (Phi) is 3.09. The molecule has 0 spiro atoms. The fraction of sp³-hybridized carbons (Fsp3) is 0.455. The van der Waals surface area contributed by atoms with E-state index in [2.05, 4.69) is 0 Å². The molecule has 1 fully saturated rings. The number of sulfonamides is 1. The largest absolute Gasteiger partial charge is 0.399 e. The molecule has 0 radical (unpaired) electrons. The first-order valence-electron chi connectivity index (χ1n) is 5.50. The van der Waals surface area contributed by atoms with Crippen LogP contribution in [0.5, 0.6) is 0 Å². The molecule has 17 heavy (non-hydrogen) atoms. The second-order valence-electron chi connectivity index (χ2n) is 4.30. The Hall–Kier alpha value is -1.14. The fourth-order valence-corrected chi connectivity index (χ4v) is 3.91. The van der Waals surface area contributed by atoms with Crippen LogP contribution in [0, 0.1) is 5.82 Å². The van der Waals surface area contributed by atoms with Crippen molar-refractivity contribution in [1.29, 1.82) is 0 Å². The molecule has 2 N–H and O–H groups in total. The summed E-state index contributed by atoms with van der Waals surface area (Å²) in [5, 5.41) is 0. The zero-order chi connectivity index (χ0) is 12.6. The lowest BCUT2D eigenvalue weighted by atomic mass is 10.3. The molecule has 1 saturated heterocycles. The van der Waals surface area contributed by atoms with Gasteiger partial charge in [-0.05, 0) is 38.0 Å². The Morgan fingerprint density at radius 1 is 1.47 bits per heavy atom. The van der Waals surface area contributed by atoms with E-state index in [1.54, 1.807) is 0 Å². The minimum Gasteiger partial charge on any atom is -0.399 e. The number of halogens is 1. The summed E-state index contributed by atoms with van der Waals surface area (Å²) in [5.74, 6) is -0.752. The Morgan fingerprint density at radius 2 is 2.18 bits per heavy atom. The van der Waals surface area contributed by atoms with Gasteiger partial charge in [0, 0.05) is 18.3 Å². The van der Waals surface area contributed by atoms with Crippen molar-refractivity contribution in [1.82, 2.24) is 4.31 Å². The van der Waals surface area contributed by atoms with Crippen LogP contribution >= 0.6 is 0 Å². The molecule has 6 heteroatoms. The van der Waals surface area contributed by atoms with E-state index >= 15 is 0 Å². The van der Waals surface area contributed by atoms with E-state index in [0.29, 0.717) is 6.54 Å². The quantitative estimate of drug-likeness (QED) is 0.819. The zero-order valence-electron chi connectivity index (χ0n) is 9.56. The summed E-state index contributed by atoms with van der Waals surface area (Å²) in [6, 6.07) is 3.53. The van der Waals surface area contributed by atoms with E-state index in [9.17, 15) is 12.8 Å². The van der Waals surface area contributed by atoms with Gasteiger partial charge in [0.15, 0.2) is 0 Å². The van der Waals surface area contributed by atoms with Gasteiger partial charge in [-0.2, -0.15) is 4.31 Å². The molecule has 0 amide bonds. The smallest absolute Gasteiger partial charge is 0.246 e. The second-order valence-corrected chi connectivity index (χ2v) is 6.16. The van der Waals surface area contributed by atoms with Crippen molar-refractivity contribution < 1.29 is 12.8 Å². The van der Waals surface area contributed by atoms with Gasteiger partial charge in [-0.3, -0.25) is 0 Å². The molecule has 0 aliphatic carbocycles. The van der Waals surface area contributed by atoms with Crippen molar-refractivity contribution in [3.8, 4) is 0 Å². The average molecular weight is 258 g/mol. The summed E-state index contributed by atoms with van der Waals surface area (Å²) in [6.07, 6.45) is 1.62. The number of rotatable bonds is 2. The summed E-state index contributed by atoms with van der Waals surface area (Å²) in [4.78, 5) is -0.328. The minimum absolute atomic E-state index is 0.0826. The van der Waals surface area contributed by atoms with Gasteiger partial charge in [0.2, 0.25) is 10.0 Å². The van der Waals surface area contributed by atoms with Crippen molar-refractivity contribution in [3.05, 3.63) is 24.0 Å². The molecule has 0 bridgehead atoms. The molecule has 1 aromatic rings. The number of hydrogen-bond acceptors (Lipinski definition) is 3. The summed E-state index contributed by atoms with van der Waals surface area (Å²) in [6.45, 7) is 2.27. The number of nitrogens with two attached hydrogens (primary N) is 1. The summed E-state index contributed by atoms with van der Waals surface area (Å²) in [7, 11) is -3.76. The van der Waals surface area contributed by atoms with E-state index in [1.807, 2.05) is 6.92 Å². The van der Waals surface area contributed by atoms with Gasteiger partial charge < -0.3 is 5.73 Å². The second kappa shape index (κ2) is 4.27. The highest BCUT2D eigenvalue weighted by Crippen LogP contribution is 2.28. The lowest BCUT2D eigenvalue weighted by Crippen LogP contribution is -2.34. The van der Waals surface area contributed by atoms with Crippen molar-refractivity contribution in [2.75, 3.05) is 12.3 Å². The van der Waals surface area contributed by atoms with Gasteiger partial charge in [0.05, 0.1) is 0 Å². The number of hydrogen-bond donors (Lipinski definition) is 1. The molecule has 1 aliphatic rings. The standard InChI is InChI=1S/C11H15FN2O2S/c1-8-3-2-6-14(8)17(15,16)11-7-9(13)4-5-10(11)12/h4-5,7-8H,2-3,6,13H2,1H3. The first-order chi connectivity index (χ1) is 7.93. The molecule has 1 heterocycles. The van der Waals surface area contributed by atoms with Crippen molar-refractivity contribution in [2.45, 2.75) is 30.7 Å². The third-order valence-electron chi connectivity index (χ3n) is 3.03. The highest BCUT2D eigenvalue weighted by molar-refractivity contribution is 7.89. The van der Waals surface area contributed by atoms with E-state index in [1.165, 1.54) is 16.4 Å². The summed E-state index contributed by atoms with van der Waals surface area (Å²) < 4.78 is 39.4. The predicted molar refractivity (Wildman–Crippen MR) is 63.4 cm³/mol. The SMILES string of the molecule is CC1CCCN1S(=O)(=O)c1cc(N)ccc1F. The fourth-order valence-electron chi connectivity index (χ4n) is 2.11. The molecule has 1 atom stereocenters. The van der Waals surface area contributed by atoms with E-state index in [-0.39, 0.29) is 16.6 Å². The Labute approximate surface area is 100 Å². The van der Waals surface area contributed by atoms with Crippen LogP contribution < -0.4 is 5.73 Å². The molecule has 1 unspecified atom stereocenters. The Bertz CT molecular complexity index is 530. The highest BCUT2D eigenvalue weighted by atomic mass is 32.2. The number of nitrogen functional groups attached to an aromatic ring is 1. The highest BCUT2D eigenvalue weighted by Gasteiger charge is 2.34. The maximum absolute atomic E-state index is 13.6. The number of anilines is 1. The van der Waals surface area contributed by atoms with Gasteiger partial charge >= 0.3 is 0 Å². The van der Waals surface area contributed by atoms with Crippen LogP contribution in [0.4, 0.5) is 10.1 Å². The topological polar surface area (TPSA) is 63.4 Å². The molecule has 0 saturated carbocycles. The Balaban J connectivity index is 2.48. The van der Waals surface area contributed by atoms with Gasteiger partial charge in [-0.25, -0.2) is 12.8 Å². The summed E-state index contributed by atoms with van der Waals surface area (Å²) >= 11 is 0. The molecule has 0 aromatic heterocycles. The Morgan fingerprint density at radius 3 is 2.76 bits per heavy atom. The van der Waals surface area contributed by atoms with Crippen molar-refractivity contribution in [3.63, 3.8) is 0 Å². The summed E-state index contributed by atoms with van der Waals surface area (Å²) in [5.41, 5.74) is 5.75. The van der Waals surface area contributed by atoms with E-state index in [0.717, 1.165) is 18.9 Å². The molecule has 2 rings (SSSR count). The lowest BCUT2D eigenvalue weighted by molar-refractivity contribution is 0.405. The molecule has 4 nitrogen and oxygen atoms in total. The first-order valence-corrected chi connectivity index (χ1v) is 6.94. The normalized spacial score (nSPS) is 21.9. The van der Waals surface area contributed by atoms with Crippen LogP contribution in [0.2, 0.25) is 0 Å². The molecule has 1 aromatic carbocycles. The van der Waals surface area contributed by atoms with Crippen LogP contribution in [0.1, 0.15) is 19.8 Å². The van der Waals surface area contributed by atoms with Crippen LogP contribution in [0.15, 0.2) is 23.1 Å². The van der Waals surface area contributed by atoms with Gasteiger partial charge in [0.1, 0.15) is 10.7 Å². The van der Waals surface area contributed by atoms with Crippen LogP contribution in [-0.4, -0.2) is 25.3 Å². The van der Waals surface area contributed by atoms with Gasteiger partial charge in [-0.15, -0.1) is 0 Å². The molecule has 94 valence electrons. The first kappa shape index (κ1) is 12.3. The third-order valence-corrected chi connectivity index (χ3v) is 5.06. The van der Waals surface area contributed by atoms with E-state index < -0.39 is 15.8 Å². The molecular formula is C11H15FN2O2S. The zero-order valence-corrected chi connectivity index (χ0v) is 10.4. The minimum atomic E-state index is -3.76. The van der Waals surface area contributed by atoms with E-state index in [4.69, 9.17) is 5.73 Å². The lowest BCUT2D eigenvalue weighted by Gasteiger charge is -2.21. The molecule has 1 aliphatic heterocycles. The number of benzene rings is 1. The maximum Gasteiger partial charge on any atom is 0.246 e. The van der Waals surface area contributed by atoms with Crippen molar-refractivity contribution in [2.24, 2.45) is 0 Å². The monoisotopic (exact) mass is 258 g/mol. The van der Waals surface area contributed by atoms with Gasteiger partial charge in [0.25, 0.3) is 0 Å². The third kappa shape index (κ3) is 2.14.